The van der Waals surface area contributed by atoms with E-state index in [1.165, 1.54) is 18.6 Å². The fourth-order valence-corrected chi connectivity index (χ4v) is 7.04. The van der Waals surface area contributed by atoms with Gasteiger partial charge in [-0.3, -0.25) is 4.79 Å². The van der Waals surface area contributed by atoms with Crippen molar-refractivity contribution in [2.24, 2.45) is 0 Å². The maximum Gasteiger partial charge on any atom is 0.220 e. The summed E-state index contributed by atoms with van der Waals surface area (Å²) >= 11 is 0. The van der Waals surface area contributed by atoms with Gasteiger partial charge in [0.2, 0.25) is 5.91 Å². The summed E-state index contributed by atoms with van der Waals surface area (Å²) in [6.45, 7) is 12.5. The maximum absolute atomic E-state index is 11.9. The van der Waals surface area contributed by atoms with Gasteiger partial charge in [-0.1, -0.05) is 28.0 Å². The van der Waals surface area contributed by atoms with Gasteiger partial charge in [0, 0.05) is 31.1 Å². The first-order valence-corrected chi connectivity index (χ1v) is 20.1. The molecule has 292 valence electrons. The van der Waals surface area contributed by atoms with E-state index in [0.29, 0.717) is 165 Å². The Balaban J connectivity index is 1.61. The molecular formula is C33H65NO13S2. The lowest BCUT2D eigenvalue weighted by atomic mass is 10.1. The van der Waals surface area contributed by atoms with Crippen LogP contribution in [-0.4, -0.2) is 183 Å². The normalized spacial score (nSPS) is 14.6. The Morgan fingerprint density at radius 2 is 0.857 bits per heavy atom. The number of amides is 1. The second kappa shape index (κ2) is 40.5. The number of hydrogen-bond acceptors (Lipinski definition) is 15. The summed E-state index contributed by atoms with van der Waals surface area (Å²) in [4.78, 5) is 11.9. The van der Waals surface area contributed by atoms with E-state index in [0.717, 1.165) is 18.1 Å². The molecule has 1 fully saturated rings. The van der Waals surface area contributed by atoms with Crippen LogP contribution in [0.2, 0.25) is 0 Å². The smallest absolute Gasteiger partial charge is 0.220 e. The van der Waals surface area contributed by atoms with E-state index in [2.05, 4.69) is 5.32 Å². The van der Waals surface area contributed by atoms with E-state index in [1.807, 2.05) is 21.6 Å². The van der Waals surface area contributed by atoms with Gasteiger partial charge < -0.3 is 62.2 Å². The summed E-state index contributed by atoms with van der Waals surface area (Å²) in [5, 5.41) is 3.70. The van der Waals surface area contributed by atoms with Crippen molar-refractivity contribution in [2.75, 3.05) is 171 Å². The molecule has 0 bridgehead atoms. The highest BCUT2D eigenvalue weighted by Gasteiger charge is 2.15. The lowest BCUT2D eigenvalue weighted by molar-refractivity contribution is -0.121. The van der Waals surface area contributed by atoms with Crippen molar-refractivity contribution in [3.63, 3.8) is 0 Å². The lowest BCUT2D eigenvalue weighted by Gasteiger charge is -2.09. The highest BCUT2D eigenvalue weighted by atomic mass is 33.1. The SMILES string of the molecule is COCCOCCOCCOCCOCCOCCOCCOCCOCCOCCOCCOCCNC(=O)CCCC[C@@H]1CCSS1. The van der Waals surface area contributed by atoms with Crippen LogP contribution in [0.25, 0.3) is 0 Å². The average molecular weight is 748 g/mol. The Kier molecular flexibility index (Phi) is 38.6. The van der Waals surface area contributed by atoms with E-state index in [9.17, 15) is 4.79 Å². The van der Waals surface area contributed by atoms with Crippen LogP contribution in [-0.2, 0) is 61.6 Å². The molecule has 1 saturated heterocycles. The predicted octanol–water partition coefficient (Wildman–Crippen LogP) is 2.65. The molecule has 1 rings (SSSR count). The summed E-state index contributed by atoms with van der Waals surface area (Å²) < 4.78 is 64.9. The number of methoxy groups -OCH3 is 1. The first-order valence-electron chi connectivity index (χ1n) is 17.7. The van der Waals surface area contributed by atoms with Gasteiger partial charge in [-0.2, -0.15) is 0 Å². The van der Waals surface area contributed by atoms with Gasteiger partial charge in [0.1, 0.15) is 0 Å². The lowest BCUT2D eigenvalue weighted by Crippen LogP contribution is -2.27. The van der Waals surface area contributed by atoms with Crippen molar-refractivity contribution in [1.82, 2.24) is 5.32 Å². The predicted molar refractivity (Wildman–Crippen MR) is 191 cm³/mol. The number of carbonyl (C=O) groups excluding carboxylic acids is 1. The van der Waals surface area contributed by atoms with Crippen LogP contribution in [0.5, 0.6) is 0 Å². The Bertz CT molecular complexity index is 670. The van der Waals surface area contributed by atoms with Crippen molar-refractivity contribution < 1.29 is 61.6 Å². The van der Waals surface area contributed by atoms with Gasteiger partial charge in [-0.25, -0.2) is 0 Å². The second-order valence-electron chi connectivity index (χ2n) is 10.7. The molecule has 0 aromatic rings. The first-order chi connectivity index (χ1) is 24.3. The van der Waals surface area contributed by atoms with Crippen LogP contribution in [0.1, 0.15) is 32.1 Å². The van der Waals surface area contributed by atoms with Crippen molar-refractivity contribution >= 4 is 27.5 Å². The molecule has 1 aliphatic heterocycles. The highest BCUT2D eigenvalue weighted by molar-refractivity contribution is 8.77. The van der Waals surface area contributed by atoms with Gasteiger partial charge in [-0.05, 0) is 19.3 Å². The second-order valence-corrected chi connectivity index (χ2v) is 13.4. The average Bonchev–Trinajstić information content (AvgIpc) is 3.64. The van der Waals surface area contributed by atoms with E-state index in [1.54, 1.807) is 7.11 Å². The number of carbonyl (C=O) groups is 1. The molecule has 0 spiro atoms. The molecule has 1 N–H and O–H groups in total. The van der Waals surface area contributed by atoms with Crippen molar-refractivity contribution in [1.29, 1.82) is 0 Å². The monoisotopic (exact) mass is 747 g/mol. The zero-order valence-corrected chi connectivity index (χ0v) is 31.5. The highest BCUT2D eigenvalue weighted by Crippen LogP contribution is 2.39. The number of rotatable bonds is 41. The molecule has 14 nitrogen and oxygen atoms in total. The van der Waals surface area contributed by atoms with Crippen LogP contribution in [0, 0.1) is 0 Å². The molecule has 49 heavy (non-hydrogen) atoms. The molecule has 1 aliphatic rings. The summed E-state index contributed by atoms with van der Waals surface area (Å²) in [6, 6.07) is 0. The molecule has 0 saturated carbocycles. The number of unbranched alkanes of at least 4 members (excludes halogenated alkanes) is 1. The zero-order chi connectivity index (χ0) is 35.0. The number of nitrogens with one attached hydrogen (secondary N) is 1. The molecule has 0 aromatic carbocycles. The van der Waals surface area contributed by atoms with E-state index >= 15 is 0 Å². The standard InChI is InChI=1S/C33H65NO13S2/c1-36-9-10-38-13-14-40-17-18-42-21-22-44-25-26-46-29-30-47-28-27-45-24-23-43-20-19-41-16-15-39-12-11-37-8-7-34-33(35)5-3-2-4-32-6-31-48-49-32/h32H,2-31H2,1H3,(H,34,35)/t32-/m1/s1. The molecular weight excluding hydrogens is 682 g/mol. The molecule has 1 heterocycles. The quantitative estimate of drug-likeness (QED) is 0.0724. The van der Waals surface area contributed by atoms with Gasteiger partial charge in [0.15, 0.2) is 0 Å². The summed E-state index contributed by atoms with van der Waals surface area (Å²) in [5.41, 5.74) is 0. The third-order valence-electron chi connectivity index (χ3n) is 6.63. The molecule has 0 aliphatic carbocycles. The molecule has 1 amide bonds. The molecule has 0 radical (unpaired) electrons. The molecule has 16 heteroatoms. The van der Waals surface area contributed by atoms with E-state index in [-0.39, 0.29) is 5.91 Å². The minimum atomic E-state index is 0.109. The fourth-order valence-electron chi connectivity index (χ4n) is 4.02. The van der Waals surface area contributed by atoms with Crippen molar-refractivity contribution in [3.8, 4) is 0 Å². The number of hydrogen-bond donors (Lipinski definition) is 1. The van der Waals surface area contributed by atoms with Crippen LogP contribution in [0.4, 0.5) is 0 Å². The third kappa shape index (κ3) is 37.3. The Morgan fingerprint density at radius 1 is 0.510 bits per heavy atom. The summed E-state index contributed by atoms with van der Waals surface area (Å²) in [5.74, 6) is 1.38. The van der Waals surface area contributed by atoms with Crippen LogP contribution >= 0.6 is 21.6 Å². The van der Waals surface area contributed by atoms with Crippen LogP contribution < -0.4 is 5.32 Å². The first kappa shape index (κ1) is 46.7. The Morgan fingerprint density at radius 3 is 1.18 bits per heavy atom. The van der Waals surface area contributed by atoms with Crippen LogP contribution in [0.3, 0.4) is 0 Å². The minimum absolute atomic E-state index is 0.109. The topological polar surface area (TPSA) is 140 Å². The molecule has 0 unspecified atom stereocenters. The van der Waals surface area contributed by atoms with Gasteiger partial charge in [-0.15, -0.1) is 0 Å². The molecule has 0 aromatic heterocycles. The van der Waals surface area contributed by atoms with Crippen LogP contribution in [0.15, 0.2) is 0 Å². The van der Waals surface area contributed by atoms with Crippen molar-refractivity contribution in [3.05, 3.63) is 0 Å². The number of ether oxygens (including phenoxy) is 12. The minimum Gasteiger partial charge on any atom is -0.382 e. The maximum atomic E-state index is 11.9. The fraction of sp³-hybridized carbons (Fsp3) is 0.970. The Labute approximate surface area is 302 Å². The molecule has 1 atom stereocenters. The van der Waals surface area contributed by atoms with Crippen molar-refractivity contribution in [2.45, 2.75) is 37.4 Å². The summed E-state index contributed by atoms with van der Waals surface area (Å²) in [6.07, 6.45) is 5.22. The van der Waals surface area contributed by atoms with E-state index < -0.39 is 0 Å². The summed E-state index contributed by atoms with van der Waals surface area (Å²) in [7, 11) is 5.62. The third-order valence-corrected chi connectivity index (χ3v) is 9.63. The van der Waals surface area contributed by atoms with Gasteiger partial charge >= 0.3 is 0 Å². The Hall–Kier alpha value is -0.310. The van der Waals surface area contributed by atoms with Gasteiger partial charge in [0.25, 0.3) is 0 Å². The zero-order valence-electron chi connectivity index (χ0n) is 29.9. The van der Waals surface area contributed by atoms with E-state index in [4.69, 9.17) is 56.8 Å². The largest absolute Gasteiger partial charge is 0.382 e. The van der Waals surface area contributed by atoms with Gasteiger partial charge in [0.05, 0.1) is 152 Å².